The first-order chi connectivity index (χ1) is 17.8. The lowest BCUT2D eigenvalue weighted by Crippen LogP contribution is -2.24. The lowest BCUT2D eigenvalue weighted by atomic mass is 9.81. The highest BCUT2D eigenvalue weighted by molar-refractivity contribution is 7.21. The van der Waals surface area contributed by atoms with Gasteiger partial charge in [0.2, 0.25) is 0 Å². The second-order valence-electron chi connectivity index (χ2n) is 8.97. The minimum absolute atomic E-state index is 0.0676. The molecular weight excluding hydrogens is 486 g/mol. The van der Waals surface area contributed by atoms with E-state index in [9.17, 15) is 19.2 Å². The third-order valence-corrected chi connectivity index (χ3v) is 7.98. The van der Waals surface area contributed by atoms with Crippen LogP contribution in [-0.2, 0) is 0 Å². The topological polar surface area (TPSA) is 133 Å². The summed E-state index contributed by atoms with van der Waals surface area (Å²) in [6.07, 6.45) is 0. The smallest absolute Gasteiger partial charge is 0.196 e. The van der Waals surface area contributed by atoms with Gasteiger partial charge < -0.3 is 11.5 Å². The molecule has 0 unspecified atom stereocenters. The molecule has 7 nitrogen and oxygen atoms in total. The number of fused-ring (bicyclic) bond motifs is 5. The summed E-state index contributed by atoms with van der Waals surface area (Å²) in [6, 6.07) is 18.1. The molecule has 0 saturated heterocycles. The minimum Gasteiger partial charge on any atom is -0.398 e. The number of carbonyl (C=O) groups is 4. The largest absolute Gasteiger partial charge is 0.398 e. The maximum Gasteiger partial charge on any atom is 0.196 e. The van der Waals surface area contributed by atoms with Gasteiger partial charge in [0.15, 0.2) is 23.1 Å². The minimum atomic E-state index is -0.373. The van der Waals surface area contributed by atoms with Crippen molar-refractivity contribution in [3.63, 3.8) is 0 Å². The molecule has 0 fully saturated rings. The molecule has 8 heteroatoms. The van der Waals surface area contributed by atoms with Gasteiger partial charge in [0, 0.05) is 44.6 Å². The van der Waals surface area contributed by atoms with Crippen LogP contribution in [0.4, 0.5) is 11.4 Å². The molecule has 0 amide bonds. The second-order valence-corrected chi connectivity index (χ2v) is 10.00. The summed E-state index contributed by atoms with van der Waals surface area (Å²) in [5.74, 6) is -1.18. The summed E-state index contributed by atoms with van der Waals surface area (Å²) in [6.45, 7) is 0. The lowest BCUT2D eigenvalue weighted by Gasteiger charge is -2.21. The maximum absolute atomic E-state index is 13.4. The molecule has 0 aliphatic heterocycles. The average Bonchev–Trinajstić information content (AvgIpc) is 3.33. The molecule has 5 aromatic rings. The van der Waals surface area contributed by atoms with Crippen LogP contribution in [0.15, 0.2) is 66.7 Å². The monoisotopic (exact) mass is 501 g/mol. The van der Waals surface area contributed by atoms with E-state index in [0.29, 0.717) is 48.6 Å². The van der Waals surface area contributed by atoms with Gasteiger partial charge in [-0.3, -0.25) is 19.2 Å². The third-order valence-electron chi connectivity index (χ3n) is 6.93. The van der Waals surface area contributed by atoms with Crippen LogP contribution in [0.1, 0.15) is 63.7 Å². The molecule has 2 aliphatic rings. The average molecular weight is 502 g/mol. The summed E-state index contributed by atoms with van der Waals surface area (Å²) in [5, 5.41) is 0.459. The van der Waals surface area contributed by atoms with Crippen LogP contribution in [-0.4, -0.2) is 28.1 Å². The standard InChI is InChI=1S/C29H15N3O4S/c30-19-9-18(24(31)23-22(19)27(35)14-7-3-4-8-15(14)28(23)36)29-32-20-10-16-17(11-21(20)37-29)26(34)13-6-2-1-5-12(13)25(16)33/h1-11H,30-31H2. The first-order valence-electron chi connectivity index (χ1n) is 11.4. The van der Waals surface area contributed by atoms with Crippen LogP contribution in [0.3, 0.4) is 0 Å². The van der Waals surface area contributed by atoms with Crippen molar-refractivity contribution >= 4 is 56.1 Å². The molecule has 0 radical (unpaired) electrons. The van der Waals surface area contributed by atoms with E-state index in [1.54, 1.807) is 66.7 Å². The highest BCUT2D eigenvalue weighted by atomic mass is 32.1. The number of nitrogens with zero attached hydrogens (tertiary/aromatic N) is 1. The fraction of sp³-hybridized carbons (Fsp3) is 0. The Labute approximate surface area is 213 Å². The first-order valence-corrected chi connectivity index (χ1v) is 12.2. The Kier molecular flexibility index (Phi) is 4.20. The summed E-state index contributed by atoms with van der Waals surface area (Å²) >= 11 is 1.26. The van der Waals surface area contributed by atoms with Crippen LogP contribution in [0.25, 0.3) is 20.8 Å². The van der Waals surface area contributed by atoms with Crippen molar-refractivity contribution in [2.45, 2.75) is 0 Å². The van der Waals surface area contributed by atoms with Gasteiger partial charge in [-0.05, 0) is 18.2 Å². The highest BCUT2D eigenvalue weighted by Gasteiger charge is 2.35. The van der Waals surface area contributed by atoms with E-state index in [1.807, 2.05) is 0 Å². The number of benzene rings is 4. The fourth-order valence-electron chi connectivity index (χ4n) is 5.16. The van der Waals surface area contributed by atoms with Crippen LogP contribution >= 0.6 is 11.3 Å². The van der Waals surface area contributed by atoms with E-state index in [0.717, 1.165) is 0 Å². The Morgan fingerprint density at radius 1 is 0.568 bits per heavy atom. The van der Waals surface area contributed by atoms with Crippen molar-refractivity contribution in [1.82, 2.24) is 4.98 Å². The maximum atomic E-state index is 13.4. The molecule has 176 valence electrons. The molecule has 37 heavy (non-hydrogen) atoms. The van der Waals surface area contributed by atoms with E-state index >= 15 is 0 Å². The van der Waals surface area contributed by atoms with Crippen LogP contribution in [0, 0.1) is 0 Å². The Morgan fingerprint density at radius 2 is 1.08 bits per heavy atom. The van der Waals surface area contributed by atoms with Crippen molar-refractivity contribution in [3.8, 4) is 10.6 Å². The van der Waals surface area contributed by atoms with Crippen LogP contribution in [0.5, 0.6) is 0 Å². The predicted octanol–water partition coefficient (Wildman–Crippen LogP) is 4.68. The Bertz CT molecular complexity index is 1860. The number of aromatic nitrogens is 1. The number of hydrogen-bond acceptors (Lipinski definition) is 8. The van der Waals surface area contributed by atoms with Crippen molar-refractivity contribution < 1.29 is 19.2 Å². The number of carbonyl (C=O) groups excluding carboxylic acids is 4. The third kappa shape index (κ3) is 2.78. The van der Waals surface area contributed by atoms with Crippen LogP contribution < -0.4 is 11.5 Å². The zero-order valence-corrected chi connectivity index (χ0v) is 19.8. The fourth-order valence-corrected chi connectivity index (χ4v) is 6.18. The molecule has 0 atom stereocenters. The number of thiazole rings is 1. The quantitative estimate of drug-likeness (QED) is 0.312. The van der Waals surface area contributed by atoms with Gasteiger partial charge in [0.1, 0.15) is 5.01 Å². The zero-order chi connectivity index (χ0) is 25.6. The van der Waals surface area contributed by atoms with Crippen molar-refractivity contribution in [2.75, 3.05) is 11.5 Å². The molecule has 1 heterocycles. The van der Waals surface area contributed by atoms with Gasteiger partial charge in [-0.1, -0.05) is 48.5 Å². The second kappa shape index (κ2) is 7.28. The van der Waals surface area contributed by atoms with Crippen molar-refractivity contribution in [1.29, 1.82) is 0 Å². The van der Waals surface area contributed by atoms with Gasteiger partial charge in [-0.2, -0.15) is 0 Å². The first kappa shape index (κ1) is 21.3. The summed E-state index contributed by atoms with van der Waals surface area (Å²) in [7, 11) is 0. The Balaban J connectivity index is 1.41. The summed E-state index contributed by atoms with van der Waals surface area (Å²) in [4.78, 5) is 57.4. The molecule has 0 spiro atoms. The molecule has 2 aliphatic carbocycles. The van der Waals surface area contributed by atoms with Gasteiger partial charge in [0.25, 0.3) is 0 Å². The molecule has 4 N–H and O–H groups in total. The van der Waals surface area contributed by atoms with Gasteiger partial charge in [-0.15, -0.1) is 11.3 Å². The summed E-state index contributed by atoms with van der Waals surface area (Å²) in [5.41, 5.74) is 16.0. The number of ketones is 4. The lowest BCUT2D eigenvalue weighted by molar-refractivity contribution is 0.0979. The molecular formula is C29H15N3O4S. The van der Waals surface area contributed by atoms with E-state index in [4.69, 9.17) is 11.5 Å². The normalized spacial score (nSPS) is 13.8. The van der Waals surface area contributed by atoms with Gasteiger partial charge in [-0.25, -0.2) is 4.98 Å². The SMILES string of the molecule is Nc1cc(-c2nc3cc4c(cc3s2)C(=O)c2ccccc2C4=O)c(N)c2c1C(=O)c1ccccc1C2=O. The number of nitrogen functional groups attached to an aromatic ring is 2. The van der Waals surface area contributed by atoms with Crippen molar-refractivity contribution in [3.05, 3.63) is 111 Å². The molecule has 0 bridgehead atoms. The predicted molar refractivity (Wildman–Crippen MR) is 140 cm³/mol. The van der Waals surface area contributed by atoms with Crippen molar-refractivity contribution in [2.24, 2.45) is 0 Å². The number of hydrogen-bond donors (Lipinski definition) is 2. The molecule has 0 saturated carbocycles. The molecule has 4 aromatic carbocycles. The molecule has 1 aromatic heterocycles. The Morgan fingerprint density at radius 3 is 1.68 bits per heavy atom. The van der Waals surface area contributed by atoms with Crippen LogP contribution in [0.2, 0.25) is 0 Å². The molecule has 7 rings (SSSR count). The number of nitrogens with two attached hydrogens (primary N) is 2. The van der Waals surface area contributed by atoms with Gasteiger partial charge in [0.05, 0.1) is 27.0 Å². The number of rotatable bonds is 1. The highest BCUT2D eigenvalue weighted by Crippen LogP contribution is 2.43. The zero-order valence-electron chi connectivity index (χ0n) is 19.0. The van der Waals surface area contributed by atoms with E-state index in [2.05, 4.69) is 4.98 Å². The van der Waals surface area contributed by atoms with E-state index in [1.165, 1.54) is 11.3 Å². The van der Waals surface area contributed by atoms with E-state index < -0.39 is 0 Å². The Hall–Kier alpha value is -4.95. The van der Waals surface area contributed by atoms with Gasteiger partial charge >= 0.3 is 0 Å². The summed E-state index contributed by atoms with van der Waals surface area (Å²) < 4.78 is 0.678. The van der Waals surface area contributed by atoms with E-state index in [-0.39, 0.29) is 51.2 Å². The number of anilines is 2.